The van der Waals surface area contributed by atoms with Gasteiger partial charge in [0.15, 0.2) is 0 Å². The van der Waals surface area contributed by atoms with Gasteiger partial charge in [0.05, 0.1) is 24.2 Å². The van der Waals surface area contributed by atoms with Crippen LogP contribution in [0, 0.1) is 5.92 Å². The van der Waals surface area contributed by atoms with Gasteiger partial charge >= 0.3 is 0 Å². The van der Waals surface area contributed by atoms with Crippen molar-refractivity contribution in [3.63, 3.8) is 0 Å². The number of hydrogen-bond acceptors (Lipinski definition) is 4. The number of methoxy groups -OCH3 is 1. The first-order valence-electron chi connectivity index (χ1n) is 9.03. The van der Waals surface area contributed by atoms with Crippen molar-refractivity contribution < 1.29 is 4.74 Å². The highest BCUT2D eigenvalue weighted by Crippen LogP contribution is 2.36. The molecule has 2 aliphatic carbocycles. The highest BCUT2D eigenvalue weighted by atomic mass is 16.5. The van der Waals surface area contributed by atoms with Crippen molar-refractivity contribution in [2.24, 2.45) is 5.92 Å². The van der Waals surface area contributed by atoms with E-state index in [0.717, 1.165) is 53.8 Å². The maximum Gasteiger partial charge on any atom is 0.147 e. The normalized spacial score (nSPS) is 16.6. The van der Waals surface area contributed by atoms with E-state index < -0.39 is 0 Å². The minimum absolute atomic E-state index is 0.767. The van der Waals surface area contributed by atoms with E-state index in [4.69, 9.17) is 14.7 Å². The van der Waals surface area contributed by atoms with E-state index in [2.05, 4.69) is 17.4 Å². The summed E-state index contributed by atoms with van der Waals surface area (Å²) in [6, 6.07) is 6.31. The number of rotatable bonds is 4. The summed E-state index contributed by atoms with van der Waals surface area (Å²) >= 11 is 0. The molecule has 0 amide bonds. The summed E-state index contributed by atoms with van der Waals surface area (Å²) in [6.45, 7) is 0. The van der Waals surface area contributed by atoms with Gasteiger partial charge in [-0.25, -0.2) is 9.97 Å². The molecule has 24 heavy (non-hydrogen) atoms. The van der Waals surface area contributed by atoms with E-state index in [-0.39, 0.29) is 0 Å². The molecule has 2 aromatic rings. The number of anilines is 1. The lowest BCUT2D eigenvalue weighted by Crippen LogP contribution is -2.14. The first-order valence-corrected chi connectivity index (χ1v) is 9.03. The van der Waals surface area contributed by atoms with Crippen molar-refractivity contribution in [3.8, 4) is 17.0 Å². The van der Waals surface area contributed by atoms with E-state index in [1.54, 1.807) is 7.11 Å². The molecular formula is C20H25N3O. The molecule has 0 unspecified atom stereocenters. The van der Waals surface area contributed by atoms with Crippen molar-refractivity contribution in [3.05, 3.63) is 35.2 Å². The van der Waals surface area contributed by atoms with Gasteiger partial charge in [-0.1, -0.05) is 25.7 Å². The van der Waals surface area contributed by atoms with Gasteiger partial charge in [-0.3, -0.25) is 0 Å². The van der Waals surface area contributed by atoms with Gasteiger partial charge in [-0.05, 0) is 48.9 Å². The molecule has 0 radical (unpaired) electrons. The Hall–Kier alpha value is -2.10. The molecule has 4 rings (SSSR count). The Balaban J connectivity index is 1.75. The predicted molar refractivity (Wildman–Crippen MR) is 96.6 cm³/mol. The highest BCUT2D eigenvalue weighted by Gasteiger charge is 2.24. The molecule has 1 N–H and O–H groups in total. The maximum atomic E-state index is 5.37. The molecule has 4 heteroatoms. The summed E-state index contributed by atoms with van der Waals surface area (Å²) in [7, 11) is 3.67. The Kier molecular flexibility index (Phi) is 4.13. The van der Waals surface area contributed by atoms with Crippen LogP contribution in [0.25, 0.3) is 11.3 Å². The van der Waals surface area contributed by atoms with Crippen LogP contribution in [0.1, 0.15) is 42.6 Å². The number of aromatic nitrogens is 2. The van der Waals surface area contributed by atoms with Crippen molar-refractivity contribution >= 4 is 5.82 Å². The lowest BCUT2D eigenvalue weighted by Gasteiger charge is -2.22. The third-order valence-electron chi connectivity index (χ3n) is 5.43. The number of ether oxygens (including phenoxy) is 1. The molecule has 2 aliphatic rings. The fraction of sp³-hybridized carbons (Fsp3) is 0.500. The first-order chi connectivity index (χ1) is 11.8. The Labute approximate surface area is 143 Å². The van der Waals surface area contributed by atoms with Crippen molar-refractivity contribution in [2.45, 2.75) is 44.9 Å². The van der Waals surface area contributed by atoms with E-state index in [1.807, 2.05) is 13.1 Å². The molecule has 4 nitrogen and oxygen atoms in total. The molecule has 0 bridgehead atoms. The van der Waals surface area contributed by atoms with E-state index >= 15 is 0 Å². The molecule has 1 aromatic heterocycles. The van der Waals surface area contributed by atoms with Crippen LogP contribution in [0.2, 0.25) is 0 Å². The second-order valence-corrected chi connectivity index (χ2v) is 6.94. The molecule has 1 saturated carbocycles. The second-order valence-electron chi connectivity index (χ2n) is 6.94. The molecule has 126 valence electrons. The number of aryl methyl sites for hydroxylation is 2. The Bertz CT molecular complexity index is 751. The van der Waals surface area contributed by atoms with Crippen LogP contribution in [0.3, 0.4) is 0 Å². The Morgan fingerprint density at radius 2 is 2.00 bits per heavy atom. The topological polar surface area (TPSA) is 47.0 Å². The fourth-order valence-corrected chi connectivity index (χ4v) is 4.11. The van der Waals surface area contributed by atoms with Crippen LogP contribution in [-0.4, -0.2) is 24.1 Å². The molecule has 1 aromatic carbocycles. The quantitative estimate of drug-likeness (QED) is 0.923. The first kappa shape index (κ1) is 15.4. The Morgan fingerprint density at radius 3 is 2.75 bits per heavy atom. The number of nitrogens with zero attached hydrogens (tertiary/aromatic N) is 2. The Morgan fingerprint density at radius 1 is 1.17 bits per heavy atom. The molecular weight excluding hydrogens is 298 g/mol. The van der Waals surface area contributed by atoms with Crippen molar-refractivity contribution in [1.82, 2.24) is 9.97 Å². The summed E-state index contributed by atoms with van der Waals surface area (Å²) in [6.07, 6.45) is 8.37. The van der Waals surface area contributed by atoms with E-state index in [1.165, 1.54) is 36.8 Å². The third-order valence-corrected chi connectivity index (χ3v) is 5.43. The van der Waals surface area contributed by atoms with Crippen molar-refractivity contribution in [2.75, 3.05) is 19.5 Å². The monoisotopic (exact) mass is 323 g/mol. The van der Waals surface area contributed by atoms with Gasteiger partial charge in [0, 0.05) is 12.6 Å². The largest absolute Gasteiger partial charge is 0.497 e. The smallest absolute Gasteiger partial charge is 0.147 e. The highest BCUT2D eigenvalue weighted by molar-refractivity contribution is 5.70. The number of fused-ring (bicyclic) bond motifs is 3. The second kappa shape index (κ2) is 6.42. The van der Waals surface area contributed by atoms with Crippen LogP contribution in [0.15, 0.2) is 18.2 Å². The maximum absolute atomic E-state index is 5.37. The molecule has 0 saturated heterocycles. The summed E-state index contributed by atoms with van der Waals surface area (Å²) in [5, 5.41) is 3.27. The number of nitrogens with one attached hydrogen (secondary N) is 1. The number of hydrogen-bond donors (Lipinski definition) is 1. The standard InChI is InChI=1S/C20H25N3O/c1-21-20-18(11-13-5-3-4-6-13)22-19-16-9-8-15(24-2)12-14(16)7-10-17(19)23-20/h8-9,12-13H,3-7,10-11H2,1-2H3,(H,21,23). The van der Waals surface area contributed by atoms with Gasteiger partial charge in [-0.2, -0.15) is 0 Å². The summed E-state index contributed by atoms with van der Waals surface area (Å²) in [4.78, 5) is 9.99. The summed E-state index contributed by atoms with van der Waals surface area (Å²) < 4.78 is 5.37. The predicted octanol–water partition coefficient (Wildman–Crippen LogP) is 4.03. The average molecular weight is 323 g/mol. The fourth-order valence-electron chi connectivity index (χ4n) is 4.11. The van der Waals surface area contributed by atoms with Crippen LogP contribution < -0.4 is 10.1 Å². The minimum Gasteiger partial charge on any atom is -0.497 e. The molecule has 1 fully saturated rings. The van der Waals surface area contributed by atoms with Crippen LogP contribution in [0.4, 0.5) is 5.82 Å². The summed E-state index contributed by atoms with van der Waals surface area (Å²) in [5.41, 5.74) is 5.87. The zero-order valence-corrected chi connectivity index (χ0v) is 14.6. The third kappa shape index (κ3) is 2.74. The minimum atomic E-state index is 0.767. The molecule has 0 atom stereocenters. The average Bonchev–Trinajstić information content (AvgIpc) is 3.13. The summed E-state index contributed by atoms with van der Waals surface area (Å²) in [5.74, 6) is 2.66. The van der Waals surface area contributed by atoms with Crippen LogP contribution in [0.5, 0.6) is 5.75 Å². The van der Waals surface area contributed by atoms with E-state index in [0.29, 0.717) is 0 Å². The number of benzene rings is 1. The zero-order chi connectivity index (χ0) is 16.5. The molecule has 0 aliphatic heterocycles. The van der Waals surface area contributed by atoms with Gasteiger partial charge in [0.25, 0.3) is 0 Å². The molecule has 0 spiro atoms. The van der Waals surface area contributed by atoms with Crippen molar-refractivity contribution in [1.29, 1.82) is 0 Å². The van der Waals surface area contributed by atoms with Gasteiger partial charge in [0.2, 0.25) is 0 Å². The van der Waals surface area contributed by atoms with E-state index in [9.17, 15) is 0 Å². The van der Waals surface area contributed by atoms with Gasteiger partial charge in [-0.15, -0.1) is 0 Å². The zero-order valence-electron chi connectivity index (χ0n) is 14.6. The van der Waals surface area contributed by atoms with Crippen LogP contribution >= 0.6 is 0 Å². The lowest BCUT2D eigenvalue weighted by molar-refractivity contribution is 0.414. The van der Waals surface area contributed by atoms with Gasteiger partial charge in [0.1, 0.15) is 11.6 Å². The molecule has 1 heterocycles. The lowest BCUT2D eigenvalue weighted by atomic mass is 9.91. The van der Waals surface area contributed by atoms with Crippen LogP contribution in [-0.2, 0) is 19.3 Å². The SMILES string of the molecule is CNc1nc2c(nc1CC1CCCC1)-c1ccc(OC)cc1CC2. The van der Waals surface area contributed by atoms with Gasteiger partial charge < -0.3 is 10.1 Å².